The molecule has 1 atom stereocenters. The monoisotopic (exact) mass is 558 g/mol. The second-order valence-electron chi connectivity index (χ2n) is 7.76. The molecule has 0 saturated carbocycles. The number of aliphatic hydroxyl groups excluding tert-OH is 1. The maximum Gasteiger partial charge on any atom is 0.573 e. The third-order valence-corrected chi connectivity index (χ3v) is 5.95. The molecule has 0 spiro atoms. The van der Waals surface area contributed by atoms with Gasteiger partial charge in [-0.3, -0.25) is 19.5 Å². The fourth-order valence-electron chi connectivity index (χ4n) is 4.01. The quantitative estimate of drug-likeness (QED) is 0.290. The lowest BCUT2D eigenvalue weighted by Crippen LogP contribution is -2.31. The summed E-state index contributed by atoms with van der Waals surface area (Å²) in [4.78, 5) is 32.0. The number of benzene rings is 2. The van der Waals surface area contributed by atoms with E-state index in [9.17, 15) is 27.9 Å². The van der Waals surface area contributed by atoms with E-state index >= 15 is 0 Å². The number of carbonyl (C=O) groups is 2. The lowest BCUT2D eigenvalue weighted by atomic mass is 9.98. The number of halogens is 4. The van der Waals surface area contributed by atoms with Gasteiger partial charge in [0.05, 0.1) is 11.3 Å². The van der Waals surface area contributed by atoms with Crippen molar-refractivity contribution in [1.29, 1.82) is 0 Å². The SMILES string of the molecule is O=C(C1=C(O)C(=O)N(c2cccc(OC(F)(F)F)c2)C1c1ccccn1)c1cc2cc(Br)ccc2o1. The van der Waals surface area contributed by atoms with Crippen LogP contribution in [0.5, 0.6) is 5.75 Å². The molecule has 1 aliphatic heterocycles. The molecule has 1 unspecified atom stereocenters. The molecule has 3 heterocycles. The predicted molar refractivity (Wildman–Crippen MR) is 125 cm³/mol. The molecule has 36 heavy (non-hydrogen) atoms. The van der Waals surface area contributed by atoms with Crippen LogP contribution in [0.2, 0.25) is 0 Å². The van der Waals surface area contributed by atoms with E-state index in [0.717, 1.165) is 21.5 Å². The molecule has 4 aromatic rings. The first-order valence-electron chi connectivity index (χ1n) is 10.4. The number of aliphatic hydroxyl groups is 1. The van der Waals surface area contributed by atoms with Crippen molar-refractivity contribution in [3.63, 3.8) is 0 Å². The smallest absolute Gasteiger partial charge is 0.503 e. The van der Waals surface area contributed by atoms with Crippen molar-refractivity contribution in [2.75, 3.05) is 4.90 Å². The summed E-state index contributed by atoms with van der Waals surface area (Å²) in [5.74, 6) is -3.32. The van der Waals surface area contributed by atoms with Crippen LogP contribution < -0.4 is 9.64 Å². The van der Waals surface area contributed by atoms with Gasteiger partial charge in [0.2, 0.25) is 5.78 Å². The van der Waals surface area contributed by atoms with Gasteiger partial charge in [-0.25, -0.2) is 0 Å². The van der Waals surface area contributed by atoms with Gasteiger partial charge in [0, 0.05) is 27.8 Å². The number of alkyl halides is 3. The molecule has 0 radical (unpaired) electrons. The standard InChI is InChI=1S/C25H14BrF3N2O5/c26-14-7-8-18-13(10-14)11-19(35-18)22(32)20-21(17-6-1-2-9-30-17)31(24(34)23(20)33)15-4-3-5-16(12-15)36-25(27,28)29/h1-12,21,33H. The van der Waals surface area contributed by atoms with E-state index in [1.807, 2.05) is 0 Å². The number of nitrogens with zero attached hydrogens (tertiary/aromatic N) is 2. The number of hydrogen-bond acceptors (Lipinski definition) is 6. The number of ether oxygens (including phenoxy) is 1. The zero-order valence-corrected chi connectivity index (χ0v) is 19.6. The van der Waals surface area contributed by atoms with E-state index in [2.05, 4.69) is 25.7 Å². The molecule has 2 aromatic heterocycles. The molecule has 1 amide bonds. The van der Waals surface area contributed by atoms with Gasteiger partial charge < -0.3 is 14.3 Å². The first-order valence-corrected chi connectivity index (χ1v) is 11.2. The Kier molecular flexibility index (Phi) is 5.79. The van der Waals surface area contributed by atoms with Crippen molar-refractivity contribution < 1.29 is 37.0 Å². The van der Waals surface area contributed by atoms with E-state index in [1.54, 1.807) is 30.3 Å². The Morgan fingerprint density at radius 2 is 1.89 bits per heavy atom. The molecule has 5 rings (SSSR count). The number of pyridine rings is 1. The Hall–Kier alpha value is -4.12. The van der Waals surface area contributed by atoms with Crippen LogP contribution in [0.4, 0.5) is 18.9 Å². The Morgan fingerprint density at radius 3 is 2.61 bits per heavy atom. The zero-order valence-electron chi connectivity index (χ0n) is 18.0. The van der Waals surface area contributed by atoms with Crippen LogP contribution in [0.25, 0.3) is 11.0 Å². The number of carbonyl (C=O) groups excluding carboxylic acids is 2. The highest BCUT2D eigenvalue weighted by Crippen LogP contribution is 2.42. The van der Waals surface area contributed by atoms with Gasteiger partial charge in [-0.2, -0.15) is 0 Å². The van der Waals surface area contributed by atoms with Crippen molar-refractivity contribution in [3.05, 3.63) is 100 Å². The summed E-state index contributed by atoms with van der Waals surface area (Å²) >= 11 is 3.34. The predicted octanol–water partition coefficient (Wildman–Crippen LogP) is 6.27. The lowest BCUT2D eigenvalue weighted by Gasteiger charge is -2.26. The van der Waals surface area contributed by atoms with Crippen LogP contribution in [0.3, 0.4) is 0 Å². The molecule has 1 N–H and O–H groups in total. The van der Waals surface area contributed by atoms with Gasteiger partial charge in [-0.15, -0.1) is 13.2 Å². The van der Waals surface area contributed by atoms with E-state index in [4.69, 9.17) is 4.42 Å². The van der Waals surface area contributed by atoms with Crippen LogP contribution >= 0.6 is 15.9 Å². The Labute approximate surface area is 209 Å². The van der Waals surface area contributed by atoms with Crippen molar-refractivity contribution >= 4 is 44.3 Å². The molecule has 0 bridgehead atoms. The Balaban J connectivity index is 1.61. The van der Waals surface area contributed by atoms with Crippen LogP contribution in [0.1, 0.15) is 22.3 Å². The second kappa shape index (κ2) is 8.83. The number of aromatic nitrogens is 1. The summed E-state index contributed by atoms with van der Waals surface area (Å²) in [5.41, 5.74) is 0.257. The van der Waals surface area contributed by atoms with E-state index < -0.39 is 35.6 Å². The van der Waals surface area contributed by atoms with Gasteiger partial charge >= 0.3 is 6.36 Å². The van der Waals surface area contributed by atoms with Crippen LogP contribution in [-0.4, -0.2) is 28.1 Å². The van der Waals surface area contributed by atoms with Crippen LogP contribution in [-0.2, 0) is 4.79 Å². The minimum atomic E-state index is -4.95. The number of anilines is 1. The van der Waals surface area contributed by atoms with Crippen molar-refractivity contribution in [2.45, 2.75) is 12.4 Å². The molecule has 1 aliphatic rings. The molecular weight excluding hydrogens is 545 g/mol. The van der Waals surface area contributed by atoms with Crippen molar-refractivity contribution in [3.8, 4) is 5.75 Å². The molecule has 0 fully saturated rings. The summed E-state index contributed by atoms with van der Waals surface area (Å²) in [6.07, 6.45) is -3.52. The first-order chi connectivity index (χ1) is 17.1. The normalized spacial score (nSPS) is 16.2. The minimum Gasteiger partial charge on any atom is -0.503 e. The number of hydrogen-bond donors (Lipinski definition) is 1. The highest BCUT2D eigenvalue weighted by atomic mass is 79.9. The lowest BCUT2D eigenvalue weighted by molar-refractivity contribution is -0.274. The summed E-state index contributed by atoms with van der Waals surface area (Å²) in [7, 11) is 0. The second-order valence-corrected chi connectivity index (χ2v) is 8.68. The third-order valence-electron chi connectivity index (χ3n) is 5.45. The van der Waals surface area contributed by atoms with E-state index in [1.165, 1.54) is 30.5 Å². The summed E-state index contributed by atoms with van der Waals surface area (Å²) in [6.45, 7) is 0. The number of Topliss-reactive ketones (excluding diaryl/α,β-unsaturated/α-hetero) is 1. The molecular formula is C25H14BrF3N2O5. The number of furan rings is 1. The number of ketones is 1. The first kappa shape index (κ1) is 23.6. The zero-order chi connectivity index (χ0) is 25.6. The minimum absolute atomic E-state index is 0.0414. The fourth-order valence-corrected chi connectivity index (χ4v) is 4.39. The molecule has 11 heteroatoms. The summed E-state index contributed by atoms with van der Waals surface area (Å²) in [6, 6.07) is 14.8. The summed E-state index contributed by atoms with van der Waals surface area (Å²) in [5, 5.41) is 11.4. The molecule has 2 aromatic carbocycles. The van der Waals surface area contributed by atoms with Crippen molar-refractivity contribution in [1.82, 2.24) is 4.98 Å². The van der Waals surface area contributed by atoms with Gasteiger partial charge in [-0.05, 0) is 48.5 Å². The van der Waals surface area contributed by atoms with Gasteiger partial charge in [0.25, 0.3) is 5.91 Å². The Bertz CT molecular complexity index is 1530. The summed E-state index contributed by atoms with van der Waals surface area (Å²) < 4.78 is 48.7. The van der Waals surface area contributed by atoms with Crippen LogP contribution in [0.15, 0.2) is 93.1 Å². The molecule has 0 saturated heterocycles. The third kappa shape index (κ3) is 4.33. The van der Waals surface area contributed by atoms with Gasteiger partial charge in [0.1, 0.15) is 17.4 Å². The topological polar surface area (TPSA) is 92.9 Å². The Morgan fingerprint density at radius 1 is 1.08 bits per heavy atom. The van der Waals surface area contributed by atoms with Crippen LogP contribution in [0, 0.1) is 0 Å². The largest absolute Gasteiger partial charge is 0.573 e. The van der Waals surface area contributed by atoms with E-state index in [-0.39, 0.29) is 22.7 Å². The van der Waals surface area contributed by atoms with Gasteiger partial charge in [0.15, 0.2) is 11.5 Å². The number of rotatable bonds is 5. The highest BCUT2D eigenvalue weighted by Gasteiger charge is 2.46. The highest BCUT2D eigenvalue weighted by molar-refractivity contribution is 9.10. The fraction of sp³-hybridized carbons (Fsp3) is 0.0800. The number of amides is 1. The molecule has 7 nitrogen and oxygen atoms in total. The van der Waals surface area contributed by atoms with E-state index in [0.29, 0.717) is 11.0 Å². The maximum atomic E-state index is 13.6. The molecule has 182 valence electrons. The average Bonchev–Trinajstić information content (AvgIpc) is 3.37. The van der Waals surface area contributed by atoms with Gasteiger partial charge in [-0.1, -0.05) is 28.1 Å². The average molecular weight is 559 g/mol. The maximum absolute atomic E-state index is 13.6. The number of fused-ring (bicyclic) bond motifs is 1. The molecule has 0 aliphatic carbocycles. The van der Waals surface area contributed by atoms with Crippen molar-refractivity contribution in [2.24, 2.45) is 0 Å².